The van der Waals surface area contributed by atoms with Gasteiger partial charge in [-0.1, -0.05) is 6.92 Å². The molecule has 1 unspecified atom stereocenters. The normalized spacial score (nSPS) is 13.1. The second kappa shape index (κ2) is 9.59. The first-order valence-electron chi connectivity index (χ1n) is 6.08. The van der Waals surface area contributed by atoms with Crippen molar-refractivity contribution < 1.29 is 0 Å². The average molecular weight is 226 g/mol. The van der Waals surface area contributed by atoms with Gasteiger partial charge in [-0.2, -0.15) is 5.26 Å². The minimum Gasteiger partial charge on any atom is -0.308 e. The van der Waals surface area contributed by atoms with Crippen LogP contribution in [0.4, 0.5) is 0 Å². The lowest BCUT2D eigenvalue weighted by Crippen LogP contribution is -2.36. The van der Waals surface area contributed by atoms with E-state index in [1.807, 2.05) is 7.05 Å². The molecule has 0 aromatic rings. The number of hydrogen-bond acceptors (Lipinski definition) is 4. The monoisotopic (exact) mass is 226 g/mol. The molecule has 0 rings (SSSR count). The zero-order valence-electron chi connectivity index (χ0n) is 11.2. The summed E-state index contributed by atoms with van der Waals surface area (Å²) in [6.07, 6.45) is 2.07. The highest BCUT2D eigenvalue weighted by Gasteiger charge is 2.08. The van der Waals surface area contributed by atoms with Crippen LogP contribution in [0.15, 0.2) is 0 Å². The lowest BCUT2D eigenvalue weighted by Gasteiger charge is -2.24. The Balaban J connectivity index is 3.88. The lowest BCUT2D eigenvalue weighted by molar-refractivity contribution is 0.235. The van der Waals surface area contributed by atoms with Crippen LogP contribution in [0.3, 0.4) is 0 Å². The fraction of sp³-hybridized carbons (Fsp3) is 0.917. The number of hydrogen-bond donors (Lipinski definition) is 1. The third-order valence-electron chi connectivity index (χ3n) is 2.64. The fourth-order valence-corrected chi connectivity index (χ4v) is 1.58. The molecule has 0 aliphatic carbocycles. The first-order valence-corrected chi connectivity index (χ1v) is 6.08. The fourth-order valence-electron chi connectivity index (χ4n) is 1.58. The van der Waals surface area contributed by atoms with Crippen molar-refractivity contribution in [3.63, 3.8) is 0 Å². The van der Waals surface area contributed by atoms with Gasteiger partial charge in [0.25, 0.3) is 0 Å². The smallest absolute Gasteiger partial charge is 0.0962 e. The molecule has 0 spiro atoms. The highest BCUT2D eigenvalue weighted by atomic mass is 15.2. The molecule has 0 radical (unpaired) electrons. The van der Waals surface area contributed by atoms with E-state index in [0.29, 0.717) is 0 Å². The van der Waals surface area contributed by atoms with Crippen LogP contribution in [0.25, 0.3) is 0 Å². The molecule has 0 saturated carbocycles. The maximum atomic E-state index is 8.85. The second-order valence-corrected chi connectivity index (χ2v) is 4.40. The maximum Gasteiger partial charge on any atom is 0.0962 e. The van der Waals surface area contributed by atoms with E-state index in [0.717, 1.165) is 32.6 Å². The zero-order chi connectivity index (χ0) is 12.4. The predicted octanol–water partition coefficient (Wildman–Crippen LogP) is 0.762. The van der Waals surface area contributed by atoms with Crippen molar-refractivity contribution >= 4 is 0 Å². The van der Waals surface area contributed by atoms with Gasteiger partial charge in [0.05, 0.1) is 12.1 Å². The van der Waals surface area contributed by atoms with Crippen LogP contribution in [0.1, 0.15) is 19.8 Å². The summed E-state index contributed by atoms with van der Waals surface area (Å²) >= 11 is 0. The van der Waals surface area contributed by atoms with E-state index < -0.39 is 0 Å². The van der Waals surface area contributed by atoms with Gasteiger partial charge in [-0.3, -0.25) is 0 Å². The summed E-state index contributed by atoms with van der Waals surface area (Å²) in [5.74, 6) is 0. The summed E-state index contributed by atoms with van der Waals surface area (Å²) in [5.41, 5.74) is 0. The number of nitrogens with one attached hydrogen (secondary N) is 1. The minimum atomic E-state index is -0.0151. The first kappa shape index (κ1) is 15.4. The summed E-state index contributed by atoms with van der Waals surface area (Å²) in [4.78, 5) is 4.63. The Morgan fingerprint density at radius 1 is 1.19 bits per heavy atom. The van der Waals surface area contributed by atoms with Crippen LogP contribution < -0.4 is 5.32 Å². The van der Waals surface area contributed by atoms with E-state index in [2.05, 4.69) is 42.2 Å². The van der Waals surface area contributed by atoms with Crippen LogP contribution in [0, 0.1) is 11.3 Å². The molecule has 0 aromatic carbocycles. The Bertz CT molecular complexity index is 198. The van der Waals surface area contributed by atoms with Crippen molar-refractivity contribution in [3.05, 3.63) is 0 Å². The van der Waals surface area contributed by atoms with E-state index in [1.165, 1.54) is 6.42 Å². The van der Waals surface area contributed by atoms with E-state index in [9.17, 15) is 0 Å². The molecule has 1 N–H and O–H groups in total. The van der Waals surface area contributed by atoms with E-state index in [1.54, 1.807) is 0 Å². The zero-order valence-corrected chi connectivity index (χ0v) is 11.2. The van der Waals surface area contributed by atoms with Gasteiger partial charge in [0.1, 0.15) is 0 Å². The molecule has 0 aliphatic rings. The van der Waals surface area contributed by atoms with Crippen molar-refractivity contribution in [2.24, 2.45) is 0 Å². The van der Waals surface area contributed by atoms with Crippen LogP contribution >= 0.6 is 0 Å². The van der Waals surface area contributed by atoms with Gasteiger partial charge in [0, 0.05) is 19.6 Å². The van der Waals surface area contributed by atoms with E-state index in [4.69, 9.17) is 5.26 Å². The van der Waals surface area contributed by atoms with Crippen LogP contribution in [-0.4, -0.2) is 63.2 Å². The third-order valence-corrected chi connectivity index (χ3v) is 2.64. The molecule has 4 nitrogen and oxygen atoms in total. The van der Waals surface area contributed by atoms with Crippen molar-refractivity contribution in [1.29, 1.82) is 5.26 Å². The molecule has 0 saturated heterocycles. The van der Waals surface area contributed by atoms with Crippen molar-refractivity contribution in [2.75, 3.05) is 47.3 Å². The maximum absolute atomic E-state index is 8.85. The molecule has 94 valence electrons. The molecule has 1 atom stereocenters. The number of rotatable bonds is 9. The number of nitriles is 1. The summed E-state index contributed by atoms with van der Waals surface area (Å²) < 4.78 is 0. The molecule has 16 heavy (non-hydrogen) atoms. The molecule has 0 aliphatic heterocycles. The van der Waals surface area contributed by atoms with Gasteiger partial charge in [-0.15, -0.1) is 0 Å². The highest BCUT2D eigenvalue weighted by Crippen LogP contribution is 1.98. The summed E-state index contributed by atoms with van der Waals surface area (Å²) in [6, 6.07) is 2.25. The standard InChI is InChI=1S/C12H26N4/c1-5-7-16(10-9-15(3)4)8-6-12(11-13)14-2/h12,14H,5-10H2,1-4H3. The SMILES string of the molecule is CCCN(CCC(C#N)NC)CCN(C)C. The Hall–Kier alpha value is -0.630. The van der Waals surface area contributed by atoms with Gasteiger partial charge in [-0.05, 0) is 40.5 Å². The van der Waals surface area contributed by atoms with Crippen molar-refractivity contribution in [1.82, 2.24) is 15.1 Å². The third kappa shape index (κ3) is 7.63. The highest BCUT2D eigenvalue weighted by molar-refractivity contribution is 4.89. The largest absolute Gasteiger partial charge is 0.308 e. The van der Waals surface area contributed by atoms with Crippen molar-refractivity contribution in [3.8, 4) is 6.07 Å². The number of likely N-dealkylation sites (N-methyl/N-ethyl adjacent to an activating group) is 1. The van der Waals surface area contributed by atoms with Crippen LogP contribution in [0.5, 0.6) is 0 Å². The Morgan fingerprint density at radius 2 is 1.88 bits per heavy atom. The van der Waals surface area contributed by atoms with E-state index in [-0.39, 0.29) is 6.04 Å². The second-order valence-electron chi connectivity index (χ2n) is 4.40. The molecular weight excluding hydrogens is 200 g/mol. The molecular formula is C12H26N4. The molecule has 0 heterocycles. The predicted molar refractivity (Wildman–Crippen MR) is 68.4 cm³/mol. The summed E-state index contributed by atoms with van der Waals surface area (Å²) in [5, 5.41) is 11.9. The van der Waals surface area contributed by atoms with Gasteiger partial charge < -0.3 is 15.1 Å². The average Bonchev–Trinajstić information content (AvgIpc) is 2.26. The minimum absolute atomic E-state index is 0.0151. The lowest BCUT2D eigenvalue weighted by atomic mass is 10.2. The number of nitrogens with zero attached hydrogens (tertiary/aromatic N) is 3. The van der Waals surface area contributed by atoms with Gasteiger partial charge in [-0.25, -0.2) is 0 Å². The topological polar surface area (TPSA) is 42.3 Å². The molecule has 0 amide bonds. The van der Waals surface area contributed by atoms with Crippen molar-refractivity contribution in [2.45, 2.75) is 25.8 Å². The summed E-state index contributed by atoms with van der Waals surface area (Å²) in [6.45, 7) is 6.48. The van der Waals surface area contributed by atoms with Gasteiger partial charge in [0.15, 0.2) is 0 Å². The Morgan fingerprint density at radius 3 is 2.31 bits per heavy atom. The molecule has 0 aromatic heterocycles. The molecule has 0 bridgehead atoms. The quantitative estimate of drug-likeness (QED) is 0.630. The Kier molecular flexibility index (Phi) is 9.21. The Labute approximate surface area is 100 Å². The van der Waals surface area contributed by atoms with Crippen LogP contribution in [0.2, 0.25) is 0 Å². The van der Waals surface area contributed by atoms with Gasteiger partial charge in [0.2, 0.25) is 0 Å². The van der Waals surface area contributed by atoms with E-state index >= 15 is 0 Å². The van der Waals surface area contributed by atoms with Gasteiger partial charge >= 0.3 is 0 Å². The first-order chi connectivity index (χ1) is 7.63. The van der Waals surface area contributed by atoms with Crippen LogP contribution in [-0.2, 0) is 0 Å². The molecule has 0 fully saturated rings. The molecule has 4 heteroatoms. The summed E-state index contributed by atoms with van der Waals surface area (Å²) in [7, 11) is 6.03.